The molecular weight excluding hydrogens is 380 g/mol. The maximum absolute atomic E-state index is 12.5. The van der Waals surface area contributed by atoms with Gasteiger partial charge in [0.25, 0.3) is 0 Å². The molecule has 0 spiro atoms. The van der Waals surface area contributed by atoms with Gasteiger partial charge in [-0.1, -0.05) is 23.7 Å². The smallest absolute Gasteiger partial charge is 0.410 e. The van der Waals surface area contributed by atoms with Crippen LogP contribution in [0.15, 0.2) is 24.3 Å². The maximum Gasteiger partial charge on any atom is 0.410 e. The molecule has 2 atom stereocenters. The van der Waals surface area contributed by atoms with E-state index in [4.69, 9.17) is 21.1 Å². The van der Waals surface area contributed by atoms with Crippen molar-refractivity contribution in [2.75, 3.05) is 26.7 Å². The molecule has 0 aromatic heterocycles. The average molecular weight is 411 g/mol. The first-order chi connectivity index (χ1) is 13.2. The first kappa shape index (κ1) is 22.5. The van der Waals surface area contributed by atoms with E-state index in [2.05, 4.69) is 5.32 Å². The highest BCUT2D eigenvalue weighted by Crippen LogP contribution is 2.34. The molecule has 0 aliphatic carbocycles. The zero-order chi connectivity index (χ0) is 20.7. The number of halogens is 1. The summed E-state index contributed by atoms with van der Waals surface area (Å²) in [5.41, 5.74) is 0.431. The fraction of sp³-hybridized carbons (Fsp3) is 0.619. The number of piperidine rings is 1. The lowest BCUT2D eigenvalue weighted by Crippen LogP contribution is -2.44. The quantitative estimate of drug-likeness (QED) is 0.763. The van der Waals surface area contributed by atoms with E-state index in [0.29, 0.717) is 24.7 Å². The highest BCUT2D eigenvalue weighted by molar-refractivity contribution is 6.30. The maximum atomic E-state index is 12.5. The van der Waals surface area contributed by atoms with Gasteiger partial charge in [0.05, 0.1) is 12.7 Å². The van der Waals surface area contributed by atoms with Crippen molar-refractivity contribution in [3.05, 3.63) is 34.9 Å². The van der Waals surface area contributed by atoms with Crippen LogP contribution in [0.3, 0.4) is 0 Å². The van der Waals surface area contributed by atoms with Crippen LogP contribution in [-0.2, 0) is 14.3 Å². The van der Waals surface area contributed by atoms with Crippen molar-refractivity contribution < 1.29 is 19.1 Å². The molecule has 1 aromatic carbocycles. The highest BCUT2D eigenvalue weighted by Gasteiger charge is 2.33. The van der Waals surface area contributed by atoms with E-state index in [1.54, 1.807) is 11.9 Å². The largest absolute Gasteiger partial charge is 0.444 e. The van der Waals surface area contributed by atoms with E-state index in [9.17, 15) is 9.59 Å². The molecule has 1 fully saturated rings. The van der Waals surface area contributed by atoms with Crippen LogP contribution in [0.25, 0.3) is 0 Å². The fourth-order valence-corrected chi connectivity index (χ4v) is 3.54. The van der Waals surface area contributed by atoms with Crippen LogP contribution >= 0.6 is 11.6 Å². The Balaban J connectivity index is 2.12. The Morgan fingerprint density at radius 3 is 2.75 bits per heavy atom. The second kappa shape index (κ2) is 10.1. The SMILES string of the molecule is CNC(=O)CCOC(c1cccc(Cl)c1)[C@@H]1CCCN(C(=O)OC(C)(C)C)C1. The Morgan fingerprint density at radius 1 is 1.36 bits per heavy atom. The number of likely N-dealkylation sites (tertiary alicyclic amines) is 1. The summed E-state index contributed by atoms with van der Waals surface area (Å²) < 4.78 is 11.7. The zero-order valence-electron chi connectivity index (χ0n) is 17.2. The Kier molecular flexibility index (Phi) is 8.13. The first-order valence-electron chi connectivity index (χ1n) is 9.75. The van der Waals surface area contributed by atoms with Crippen molar-refractivity contribution in [2.24, 2.45) is 5.92 Å². The normalized spacial score (nSPS) is 18.5. The number of nitrogens with zero attached hydrogens (tertiary/aromatic N) is 1. The van der Waals surface area contributed by atoms with Crippen LogP contribution in [0.5, 0.6) is 0 Å². The Morgan fingerprint density at radius 2 is 2.11 bits per heavy atom. The molecule has 7 heteroatoms. The van der Waals surface area contributed by atoms with E-state index >= 15 is 0 Å². The molecule has 28 heavy (non-hydrogen) atoms. The van der Waals surface area contributed by atoms with Crippen molar-refractivity contribution in [3.8, 4) is 0 Å². The molecule has 6 nitrogen and oxygen atoms in total. The molecule has 0 radical (unpaired) electrons. The Labute approximate surface area is 172 Å². The predicted octanol–water partition coefficient (Wildman–Crippen LogP) is 4.18. The van der Waals surface area contributed by atoms with E-state index in [-0.39, 0.29) is 30.4 Å². The molecule has 1 N–H and O–H groups in total. The van der Waals surface area contributed by atoms with Crippen LogP contribution in [0.1, 0.15) is 51.7 Å². The van der Waals surface area contributed by atoms with Crippen LogP contribution in [0.2, 0.25) is 5.02 Å². The fourth-order valence-electron chi connectivity index (χ4n) is 3.34. The first-order valence-corrected chi connectivity index (χ1v) is 10.1. The van der Waals surface area contributed by atoms with E-state index in [1.165, 1.54) is 0 Å². The number of hydrogen-bond donors (Lipinski definition) is 1. The van der Waals surface area contributed by atoms with Crippen LogP contribution < -0.4 is 5.32 Å². The van der Waals surface area contributed by atoms with Gasteiger partial charge in [-0.3, -0.25) is 4.79 Å². The summed E-state index contributed by atoms with van der Waals surface area (Å²) in [4.78, 5) is 25.8. The third kappa shape index (κ3) is 6.99. The standard InChI is InChI=1S/C21H31ClN2O4/c1-21(2,3)28-20(26)24-11-6-8-16(14-24)19(27-12-10-18(25)23-4)15-7-5-9-17(22)13-15/h5,7,9,13,16,19H,6,8,10-12,14H2,1-4H3,(H,23,25)/t16-,19?/m1/s1. The molecule has 1 heterocycles. The molecule has 1 aliphatic rings. The number of ether oxygens (including phenoxy) is 2. The van der Waals surface area contributed by atoms with Crippen LogP contribution in [-0.4, -0.2) is 49.2 Å². The minimum absolute atomic E-state index is 0.0659. The van der Waals surface area contributed by atoms with Gasteiger partial charge in [-0.05, 0) is 51.3 Å². The number of rotatable bonds is 6. The van der Waals surface area contributed by atoms with Gasteiger partial charge in [0, 0.05) is 37.5 Å². The van der Waals surface area contributed by atoms with Crippen LogP contribution in [0, 0.1) is 5.92 Å². The minimum atomic E-state index is -0.527. The number of amides is 2. The van der Waals surface area contributed by atoms with Gasteiger partial charge in [-0.25, -0.2) is 4.79 Å². The second-order valence-corrected chi connectivity index (χ2v) is 8.53. The Bertz CT molecular complexity index is 675. The molecule has 156 valence electrons. The molecule has 0 saturated carbocycles. The van der Waals surface area contributed by atoms with Gasteiger partial charge in [-0.15, -0.1) is 0 Å². The highest BCUT2D eigenvalue weighted by atomic mass is 35.5. The van der Waals surface area contributed by atoms with E-state index in [1.807, 2.05) is 45.0 Å². The van der Waals surface area contributed by atoms with Gasteiger partial charge in [0.2, 0.25) is 5.91 Å². The van der Waals surface area contributed by atoms with Crippen molar-refractivity contribution in [2.45, 2.75) is 51.7 Å². The molecule has 0 bridgehead atoms. The molecule has 2 amide bonds. The molecule has 1 unspecified atom stereocenters. The molecule has 1 aliphatic heterocycles. The second-order valence-electron chi connectivity index (χ2n) is 8.10. The summed E-state index contributed by atoms with van der Waals surface area (Å²) in [6.07, 6.45) is 1.55. The van der Waals surface area contributed by atoms with E-state index in [0.717, 1.165) is 18.4 Å². The van der Waals surface area contributed by atoms with Gasteiger partial charge in [-0.2, -0.15) is 0 Å². The van der Waals surface area contributed by atoms with Crippen molar-refractivity contribution >= 4 is 23.6 Å². The average Bonchev–Trinajstić information content (AvgIpc) is 2.63. The molecule has 1 aromatic rings. The number of nitrogens with one attached hydrogen (secondary N) is 1. The van der Waals surface area contributed by atoms with Gasteiger partial charge in [0.1, 0.15) is 5.60 Å². The molecular formula is C21H31ClN2O4. The predicted molar refractivity (Wildman–Crippen MR) is 109 cm³/mol. The summed E-state index contributed by atoms with van der Waals surface area (Å²) in [7, 11) is 1.61. The van der Waals surface area contributed by atoms with Crippen LogP contribution in [0.4, 0.5) is 4.79 Å². The van der Waals surface area contributed by atoms with Crippen molar-refractivity contribution in [1.29, 1.82) is 0 Å². The monoisotopic (exact) mass is 410 g/mol. The third-order valence-electron chi connectivity index (χ3n) is 4.62. The van der Waals surface area contributed by atoms with Gasteiger partial charge < -0.3 is 19.7 Å². The number of benzene rings is 1. The lowest BCUT2D eigenvalue weighted by molar-refractivity contribution is -0.122. The number of carbonyl (C=O) groups excluding carboxylic acids is 2. The number of hydrogen-bond acceptors (Lipinski definition) is 4. The number of carbonyl (C=O) groups is 2. The van der Waals surface area contributed by atoms with E-state index < -0.39 is 5.60 Å². The summed E-state index contributed by atoms with van der Waals surface area (Å²) in [6.45, 7) is 7.12. The topological polar surface area (TPSA) is 67.9 Å². The van der Waals surface area contributed by atoms with Crippen molar-refractivity contribution in [3.63, 3.8) is 0 Å². The van der Waals surface area contributed by atoms with Crippen molar-refractivity contribution in [1.82, 2.24) is 10.2 Å². The summed E-state index contributed by atoms with van der Waals surface area (Å²) in [6, 6.07) is 7.57. The van der Waals surface area contributed by atoms with Gasteiger partial charge in [0.15, 0.2) is 0 Å². The molecule has 2 rings (SSSR count). The third-order valence-corrected chi connectivity index (χ3v) is 4.86. The zero-order valence-corrected chi connectivity index (χ0v) is 17.9. The summed E-state index contributed by atoms with van der Waals surface area (Å²) in [5.74, 6) is 0.0355. The summed E-state index contributed by atoms with van der Waals surface area (Å²) >= 11 is 6.18. The lowest BCUT2D eigenvalue weighted by Gasteiger charge is -2.37. The Hall–Kier alpha value is -1.79. The molecule has 1 saturated heterocycles. The lowest BCUT2D eigenvalue weighted by atomic mass is 9.88. The summed E-state index contributed by atoms with van der Waals surface area (Å²) in [5, 5.41) is 3.24. The van der Waals surface area contributed by atoms with Gasteiger partial charge >= 0.3 is 6.09 Å². The minimum Gasteiger partial charge on any atom is -0.444 e.